The van der Waals surface area contributed by atoms with Crippen molar-refractivity contribution >= 4 is 16.9 Å². The number of aromatic nitrogens is 1. The molecule has 1 aliphatic heterocycles. The molecule has 1 aromatic heterocycles. The predicted octanol–water partition coefficient (Wildman–Crippen LogP) is 0.757. The molecule has 1 aliphatic rings. The number of esters is 1. The van der Waals surface area contributed by atoms with Crippen LogP contribution < -0.4 is 10.4 Å². The summed E-state index contributed by atoms with van der Waals surface area (Å²) in [5.41, 5.74) is 0.00950. The average molecular weight is 292 g/mol. The van der Waals surface area contributed by atoms with Crippen LogP contribution in [0.2, 0.25) is 0 Å². The largest absolute Gasteiger partial charge is 0.505 e. The number of pyridine rings is 1. The third-order valence-corrected chi connectivity index (χ3v) is 3.75. The van der Waals surface area contributed by atoms with E-state index in [4.69, 9.17) is 0 Å². The van der Waals surface area contributed by atoms with Crippen LogP contribution in [-0.4, -0.2) is 36.5 Å². The van der Waals surface area contributed by atoms with Gasteiger partial charge in [-0.15, -0.1) is 0 Å². The van der Waals surface area contributed by atoms with Gasteiger partial charge in [-0.2, -0.15) is 0 Å². The Morgan fingerprint density at radius 3 is 2.86 bits per heavy atom. The van der Waals surface area contributed by atoms with E-state index in [0.29, 0.717) is 24.0 Å². The fourth-order valence-electron chi connectivity index (χ4n) is 2.65. The Kier molecular flexibility index (Phi) is 2.86. The van der Waals surface area contributed by atoms with Gasteiger partial charge in [0.1, 0.15) is 5.56 Å². The second-order valence-corrected chi connectivity index (χ2v) is 4.92. The number of aromatic hydroxyl groups is 1. The first-order valence-electron chi connectivity index (χ1n) is 6.35. The molecule has 2 aromatic rings. The first kappa shape index (κ1) is 13.4. The molecule has 0 saturated carbocycles. The van der Waals surface area contributed by atoms with Gasteiger partial charge in [0.15, 0.2) is 11.6 Å². The highest BCUT2D eigenvalue weighted by Crippen LogP contribution is 2.31. The summed E-state index contributed by atoms with van der Waals surface area (Å²) in [5.74, 6) is -2.10. The third-order valence-electron chi connectivity index (χ3n) is 3.75. The number of likely N-dealkylation sites (N-methyl/N-ethyl adjacent to an activating group) is 1. The molecule has 110 valence electrons. The SMILES string of the molecule is COC(=O)c1cn2c3c(c(O)c(F)cc3c1=O)CCN2C. The summed E-state index contributed by atoms with van der Waals surface area (Å²) in [4.78, 5) is 24.1. The topological polar surface area (TPSA) is 71.8 Å². The molecule has 7 heteroatoms. The van der Waals surface area contributed by atoms with Crippen molar-refractivity contribution in [2.24, 2.45) is 0 Å². The van der Waals surface area contributed by atoms with Crippen LogP contribution in [0.15, 0.2) is 17.1 Å². The number of hydrogen-bond donors (Lipinski definition) is 1. The number of benzene rings is 1. The zero-order chi connectivity index (χ0) is 15.3. The summed E-state index contributed by atoms with van der Waals surface area (Å²) in [6, 6.07) is 0.957. The number of ether oxygens (including phenoxy) is 1. The number of halogens is 1. The third kappa shape index (κ3) is 1.77. The molecule has 2 heterocycles. The van der Waals surface area contributed by atoms with Gasteiger partial charge in [-0.1, -0.05) is 0 Å². The summed E-state index contributed by atoms with van der Waals surface area (Å²) in [7, 11) is 2.95. The zero-order valence-electron chi connectivity index (χ0n) is 11.5. The van der Waals surface area contributed by atoms with Crippen LogP contribution in [0.4, 0.5) is 4.39 Å². The van der Waals surface area contributed by atoms with Gasteiger partial charge in [-0.05, 0) is 12.5 Å². The maximum atomic E-state index is 13.8. The number of nitrogens with zero attached hydrogens (tertiary/aromatic N) is 2. The number of methoxy groups -OCH3 is 1. The molecule has 0 radical (unpaired) electrons. The first-order chi connectivity index (χ1) is 9.95. The minimum absolute atomic E-state index is 0.0507. The second-order valence-electron chi connectivity index (χ2n) is 4.92. The molecule has 0 saturated heterocycles. The predicted molar refractivity (Wildman–Crippen MR) is 73.9 cm³/mol. The molecule has 6 nitrogen and oxygen atoms in total. The molecule has 0 aliphatic carbocycles. The lowest BCUT2D eigenvalue weighted by Crippen LogP contribution is -2.38. The van der Waals surface area contributed by atoms with Gasteiger partial charge in [-0.3, -0.25) is 9.47 Å². The standard InChI is InChI=1S/C14H13FN2O4/c1-16-4-3-7-11-8(5-10(15)13(7)19)12(18)9(6-17(11)16)14(20)21-2/h5-6,19H,3-4H2,1-2H3. The van der Waals surface area contributed by atoms with Gasteiger partial charge < -0.3 is 14.9 Å². The van der Waals surface area contributed by atoms with Crippen LogP contribution in [0, 0.1) is 5.82 Å². The second kappa shape index (κ2) is 4.47. The molecule has 0 unspecified atom stereocenters. The Hall–Kier alpha value is -2.57. The lowest BCUT2D eigenvalue weighted by molar-refractivity contribution is 0.0598. The Morgan fingerprint density at radius 2 is 2.19 bits per heavy atom. The lowest BCUT2D eigenvalue weighted by atomic mass is 10.0. The van der Waals surface area contributed by atoms with E-state index >= 15 is 0 Å². The Morgan fingerprint density at radius 1 is 1.48 bits per heavy atom. The summed E-state index contributed by atoms with van der Waals surface area (Å²) in [5, 5.41) is 11.7. The van der Waals surface area contributed by atoms with Gasteiger partial charge in [0.25, 0.3) is 0 Å². The number of carbonyl (C=O) groups excluding carboxylic acids is 1. The molecule has 0 amide bonds. The zero-order valence-corrected chi connectivity index (χ0v) is 11.5. The van der Waals surface area contributed by atoms with Gasteiger partial charge in [0.05, 0.1) is 18.0 Å². The highest BCUT2D eigenvalue weighted by atomic mass is 19.1. The van der Waals surface area contributed by atoms with Gasteiger partial charge in [0, 0.05) is 25.4 Å². The van der Waals surface area contributed by atoms with Crippen molar-refractivity contribution in [2.45, 2.75) is 6.42 Å². The molecular formula is C14H13FN2O4. The summed E-state index contributed by atoms with van der Waals surface area (Å²) < 4.78 is 20.0. The number of rotatable bonds is 1. The van der Waals surface area contributed by atoms with Crippen LogP contribution in [-0.2, 0) is 11.2 Å². The summed E-state index contributed by atoms with van der Waals surface area (Å²) in [6.45, 7) is 0.516. The van der Waals surface area contributed by atoms with Crippen LogP contribution in [0.5, 0.6) is 5.75 Å². The van der Waals surface area contributed by atoms with E-state index in [1.165, 1.54) is 13.3 Å². The summed E-state index contributed by atoms with van der Waals surface area (Å²) >= 11 is 0. The minimum Gasteiger partial charge on any atom is -0.505 e. The van der Waals surface area contributed by atoms with Crippen molar-refractivity contribution in [3.8, 4) is 5.75 Å². The highest BCUT2D eigenvalue weighted by molar-refractivity contribution is 5.95. The molecule has 1 aromatic carbocycles. The van der Waals surface area contributed by atoms with Crippen molar-refractivity contribution in [3.05, 3.63) is 39.4 Å². The van der Waals surface area contributed by atoms with Crippen molar-refractivity contribution in [1.29, 1.82) is 0 Å². The monoisotopic (exact) mass is 292 g/mol. The van der Waals surface area contributed by atoms with Crippen molar-refractivity contribution in [3.63, 3.8) is 0 Å². The summed E-state index contributed by atoms with van der Waals surface area (Å²) in [6.07, 6.45) is 1.77. The van der Waals surface area contributed by atoms with Crippen molar-refractivity contribution in [2.75, 3.05) is 25.7 Å². The van der Waals surface area contributed by atoms with Crippen LogP contribution in [0.25, 0.3) is 10.9 Å². The average Bonchev–Trinajstić information content (AvgIpc) is 2.47. The van der Waals surface area contributed by atoms with E-state index in [1.807, 2.05) is 0 Å². The van der Waals surface area contributed by atoms with E-state index in [0.717, 1.165) is 6.07 Å². The number of carbonyl (C=O) groups is 1. The molecule has 0 bridgehead atoms. The fourth-order valence-corrected chi connectivity index (χ4v) is 2.65. The normalized spacial score (nSPS) is 13.6. The molecule has 0 spiro atoms. The van der Waals surface area contributed by atoms with E-state index in [9.17, 15) is 19.1 Å². The molecule has 21 heavy (non-hydrogen) atoms. The fraction of sp³-hybridized carbons (Fsp3) is 0.286. The molecule has 0 fully saturated rings. The molecule has 0 atom stereocenters. The molecular weight excluding hydrogens is 279 g/mol. The smallest absolute Gasteiger partial charge is 0.343 e. The Bertz CT molecular complexity index is 828. The first-order valence-corrected chi connectivity index (χ1v) is 6.35. The van der Waals surface area contributed by atoms with Crippen LogP contribution in [0.1, 0.15) is 15.9 Å². The van der Waals surface area contributed by atoms with E-state index in [2.05, 4.69) is 4.74 Å². The number of hydrogen-bond acceptors (Lipinski definition) is 5. The Balaban J connectivity index is 2.51. The van der Waals surface area contributed by atoms with E-state index in [-0.39, 0.29) is 10.9 Å². The number of phenolic OH excluding ortho intramolecular Hbond substituents is 1. The van der Waals surface area contributed by atoms with Crippen LogP contribution >= 0.6 is 0 Å². The molecule has 3 rings (SSSR count). The quantitative estimate of drug-likeness (QED) is 0.786. The Labute approximate surface area is 118 Å². The number of phenols is 1. The molecule has 1 N–H and O–H groups in total. The lowest BCUT2D eigenvalue weighted by Gasteiger charge is -2.31. The van der Waals surface area contributed by atoms with E-state index in [1.54, 1.807) is 16.7 Å². The highest BCUT2D eigenvalue weighted by Gasteiger charge is 2.25. The maximum absolute atomic E-state index is 13.8. The van der Waals surface area contributed by atoms with Gasteiger partial charge >= 0.3 is 5.97 Å². The van der Waals surface area contributed by atoms with Gasteiger partial charge in [0.2, 0.25) is 5.43 Å². The van der Waals surface area contributed by atoms with Crippen molar-refractivity contribution < 1.29 is 19.0 Å². The minimum atomic E-state index is -0.868. The van der Waals surface area contributed by atoms with E-state index < -0.39 is 23.0 Å². The van der Waals surface area contributed by atoms with Crippen molar-refractivity contribution in [1.82, 2.24) is 4.68 Å². The maximum Gasteiger partial charge on any atom is 0.343 e. The van der Waals surface area contributed by atoms with Crippen LogP contribution in [0.3, 0.4) is 0 Å². The van der Waals surface area contributed by atoms with Gasteiger partial charge in [-0.25, -0.2) is 9.18 Å².